The summed E-state index contributed by atoms with van der Waals surface area (Å²) < 4.78 is 0. The van der Waals surface area contributed by atoms with Crippen LogP contribution in [0.4, 0.5) is 5.69 Å². The van der Waals surface area contributed by atoms with Crippen molar-refractivity contribution in [2.24, 2.45) is 16.6 Å². The van der Waals surface area contributed by atoms with Crippen LogP contribution in [0.15, 0.2) is 36.0 Å². The van der Waals surface area contributed by atoms with Gasteiger partial charge in [0.15, 0.2) is 0 Å². The lowest BCUT2D eigenvalue weighted by molar-refractivity contribution is -0.156. The Morgan fingerprint density at radius 3 is 2.23 bits per heavy atom. The largest absolute Gasteiger partial charge is 0.481 e. The van der Waals surface area contributed by atoms with E-state index in [1.54, 1.807) is 31.2 Å². The van der Waals surface area contributed by atoms with Crippen molar-refractivity contribution in [3.8, 4) is 0 Å². The van der Waals surface area contributed by atoms with Crippen molar-refractivity contribution < 1.29 is 19.8 Å². The summed E-state index contributed by atoms with van der Waals surface area (Å²) in [6.45, 7) is 1.55. The third-order valence-corrected chi connectivity index (χ3v) is 4.43. The van der Waals surface area contributed by atoms with Crippen LogP contribution in [-0.4, -0.2) is 22.2 Å². The molecule has 2 rings (SSSR count). The number of aliphatic carboxylic acids is 2. The van der Waals surface area contributed by atoms with Gasteiger partial charge < -0.3 is 21.7 Å². The second kappa shape index (κ2) is 5.36. The van der Waals surface area contributed by atoms with Crippen LogP contribution in [-0.2, 0) is 16.0 Å². The number of allylic oxidation sites excluding steroid dienone is 1. The number of nitrogens with two attached hydrogens (primary N) is 2. The maximum atomic E-state index is 11.9. The van der Waals surface area contributed by atoms with Gasteiger partial charge in [-0.05, 0) is 43.9 Å². The normalized spacial score (nSPS) is 28.0. The second-order valence-corrected chi connectivity index (χ2v) is 6.21. The van der Waals surface area contributed by atoms with Crippen LogP contribution in [0.25, 0.3) is 0 Å². The fourth-order valence-corrected chi connectivity index (χ4v) is 2.96. The fourth-order valence-electron chi connectivity index (χ4n) is 2.96. The molecule has 1 aliphatic rings. The van der Waals surface area contributed by atoms with Crippen LogP contribution in [0.1, 0.15) is 25.3 Å². The molecular formula is C16H20N2O4. The van der Waals surface area contributed by atoms with Crippen molar-refractivity contribution in [1.29, 1.82) is 0 Å². The number of carboxylic acids is 2. The van der Waals surface area contributed by atoms with Gasteiger partial charge >= 0.3 is 11.9 Å². The van der Waals surface area contributed by atoms with E-state index >= 15 is 0 Å². The van der Waals surface area contributed by atoms with Crippen LogP contribution in [0.3, 0.4) is 0 Å². The molecule has 2 atom stereocenters. The SMILES string of the molecule is CC1(C(=O)O)CC=C(N)C(Cc2ccc(N)cc2)(C(=O)O)C1. The van der Waals surface area contributed by atoms with E-state index in [0.717, 1.165) is 5.56 Å². The third kappa shape index (κ3) is 2.64. The number of hydrogen-bond acceptors (Lipinski definition) is 4. The molecular weight excluding hydrogens is 284 g/mol. The molecule has 0 saturated carbocycles. The van der Waals surface area contributed by atoms with Gasteiger partial charge in [0, 0.05) is 11.4 Å². The second-order valence-electron chi connectivity index (χ2n) is 6.21. The van der Waals surface area contributed by atoms with E-state index < -0.39 is 22.8 Å². The minimum atomic E-state index is -1.42. The number of nitrogen functional groups attached to an aromatic ring is 1. The Hall–Kier alpha value is -2.50. The van der Waals surface area contributed by atoms with Crippen molar-refractivity contribution in [3.05, 3.63) is 41.6 Å². The van der Waals surface area contributed by atoms with Crippen LogP contribution in [0.2, 0.25) is 0 Å². The highest BCUT2D eigenvalue weighted by molar-refractivity contribution is 5.83. The Kier molecular flexibility index (Phi) is 3.87. The number of rotatable bonds is 4. The van der Waals surface area contributed by atoms with E-state index in [1.165, 1.54) is 6.08 Å². The molecule has 0 spiro atoms. The lowest BCUT2D eigenvalue weighted by atomic mass is 9.62. The average Bonchev–Trinajstić information content (AvgIpc) is 2.45. The van der Waals surface area contributed by atoms with Gasteiger partial charge in [0.25, 0.3) is 0 Å². The molecule has 6 N–H and O–H groups in total. The van der Waals surface area contributed by atoms with Crippen molar-refractivity contribution in [3.63, 3.8) is 0 Å². The minimum absolute atomic E-state index is 0.0443. The average molecular weight is 304 g/mol. The molecule has 1 aromatic rings. The number of carboxylic acid groups (broad SMARTS) is 2. The van der Waals surface area contributed by atoms with Gasteiger partial charge in [0.05, 0.1) is 5.41 Å². The van der Waals surface area contributed by atoms with Gasteiger partial charge in [-0.3, -0.25) is 9.59 Å². The molecule has 1 aromatic carbocycles. The predicted octanol–water partition coefficient (Wildman–Crippen LogP) is 1.61. The van der Waals surface area contributed by atoms with Crippen LogP contribution in [0, 0.1) is 10.8 Å². The van der Waals surface area contributed by atoms with Gasteiger partial charge in [-0.25, -0.2) is 0 Å². The zero-order valence-electron chi connectivity index (χ0n) is 12.4. The smallest absolute Gasteiger partial charge is 0.315 e. The summed E-state index contributed by atoms with van der Waals surface area (Å²) in [6.07, 6.45) is 1.85. The molecule has 0 aromatic heterocycles. The van der Waals surface area contributed by atoms with E-state index in [2.05, 4.69) is 0 Å². The zero-order chi connectivity index (χ0) is 16.5. The fraction of sp³-hybridized carbons (Fsp3) is 0.375. The molecule has 2 unspecified atom stereocenters. The van der Waals surface area contributed by atoms with E-state index in [9.17, 15) is 19.8 Å². The van der Waals surface area contributed by atoms with Gasteiger partial charge in [-0.1, -0.05) is 18.2 Å². The molecule has 1 aliphatic carbocycles. The highest BCUT2D eigenvalue weighted by Crippen LogP contribution is 2.47. The molecule has 0 saturated heterocycles. The van der Waals surface area contributed by atoms with Crippen LogP contribution in [0.5, 0.6) is 0 Å². The van der Waals surface area contributed by atoms with Crippen molar-refractivity contribution in [1.82, 2.24) is 0 Å². The number of benzene rings is 1. The maximum absolute atomic E-state index is 11.9. The van der Waals surface area contributed by atoms with Crippen molar-refractivity contribution in [2.45, 2.75) is 26.2 Å². The Morgan fingerprint density at radius 2 is 1.73 bits per heavy atom. The molecule has 6 heteroatoms. The minimum Gasteiger partial charge on any atom is -0.481 e. The number of anilines is 1. The summed E-state index contributed by atoms with van der Waals surface area (Å²) in [7, 11) is 0. The first-order valence-corrected chi connectivity index (χ1v) is 6.97. The molecule has 0 fully saturated rings. The monoisotopic (exact) mass is 304 g/mol. The highest BCUT2D eigenvalue weighted by Gasteiger charge is 2.52. The molecule has 22 heavy (non-hydrogen) atoms. The Balaban J connectivity index is 2.45. The summed E-state index contributed by atoms with van der Waals surface area (Å²) in [4.78, 5) is 23.4. The molecule has 0 amide bonds. The Morgan fingerprint density at radius 1 is 1.14 bits per heavy atom. The van der Waals surface area contributed by atoms with Gasteiger partial charge in [0.2, 0.25) is 0 Å². The Bertz CT molecular complexity index is 638. The van der Waals surface area contributed by atoms with Crippen LogP contribution >= 0.6 is 0 Å². The van der Waals surface area contributed by atoms with Gasteiger partial charge in [0.1, 0.15) is 5.41 Å². The van der Waals surface area contributed by atoms with E-state index in [0.29, 0.717) is 5.69 Å². The first-order valence-electron chi connectivity index (χ1n) is 6.97. The topological polar surface area (TPSA) is 127 Å². The lowest BCUT2D eigenvalue weighted by Gasteiger charge is -2.40. The zero-order valence-corrected chi connectivity index (χ0v) is 12.4. The molecule has 118 valence electrons. The first kappa shape index (κ1) is 15.9. The lowest BCUT2D eigenvalue weighted by Crippen LogP contribution is -2.47. The highest BCUT2D eigenvalue weighted by atomic mass is 16.4. The van der Waals surface area contributed by atoms with Gasteiger partial charge in [-0.15, -0.1) is 0 Å². The number of hydrogen-bond donors (Lipinski definition) is 4. The maximum Gasteiger partial charge on any atom is 0.315 e. The Labute approximate surface area is 128 Å². The summed E-state index contributed by atoms with van der Waals surface area (Å²) >= 11 is 0. The summed E-state index contributed by atoms with van der Waals surface area (Å²) in [5.74, 6) is -2.12. The molecule has 6 nitrogen and oxygen atoms in total. The standard InChI is InChI=1S/C16H20N2O4/c1-15(13(19)20)7-6-12(18)16(9-15,14(21)22)8-10-2-4-11(17)5-3-10/h2-6H,7-9,17-18H2,1H3,(H,19,20)(H,21,22). The molecule has 0 bridgehead atoms. The third-order valence-electron chi connectivity index (χ3n) is 4.43. The van der Waals surface area contributed by atoms with Crippen LogP contribution < -0.4 is 11.5 Å². The van der Waals surface area contributed by atoms with E-state index in [1.807, 2.05) is 0 Å². The molecule has 0 aliphatic heterocycles. The predicted molar refractivity (Wildman–Crippen MR) is 81.9 cm³/mol. The summed E-state index contributed by atoms with van der Waals surface area (Å²) in [5, 5.41) is 19.2. The van der Waals surface area contributed by atoms with Crippen molar-refractivity contribution in [2.75, 3.05) is 5.73 Å². The van der Waals surface area contributed by atoms with Gasteiger partial charge in [-0.2, -0.15) is 0 Å². The number of carbonyl (C=O) groups is 2. The first-order chi connectivity index (χ1) is 10.2. The van der Waals surface area contributed by atoms with E-state index in [4.69, 9.17) is 11.5 Å². The summed E-state index contributed by atoms with van der Waals surface area (Å²) in [5.41, 5.74) is 10.6. The molecule has 0 heterocycles. The van der Waals surface area contributed by atoms with E-state index in [-0.39, 0.29) is 25.0 Å². The quantitative estimate of drug-likeness (QED) is 0.626. The van der Waals surface area contributed by atoms with Crippen molar-refractivity contribution >= 4 is 17.6 Å². The molecule has 0 radical (unpaired) electrons. The summed E-state index contributed by atoms with van der Waals surface area (Å²) in [6, 6.07) is 6.84.